The molecule has 0 unspecified atom stereocenters. The van der Waals surface area contributed by atoms with Crippen molar-refractivity contribution < 1.29 is 19.0 Å². The van der Waals surface area contributed by atoms with E-state index in [1.165, 1.54) is 0 Å². The van der Waals surface area contributed by atoms with Gasteiger partial charge in [-0.15, -0.1) is 0 Å². The maximum Gasteiger partial charge on any atom is 0.426 e. The molecule has 0 atom stereocenters. The maximum atomic E-state index is 12.1. The number of nitrogens with one attached hydrogen (secondary N) is 3. The molecular weight excluding hydrogens is 500 g/mol. The summed E-state index contributed by atoms with van der Waals surface area (Å²) in [6.07, 6.45) is 2.98. The van der Waals surface area contributed by atoms with Gasteiger partial charge >= 0.3 is 6.09 Å². The molecular formula is C27H38N6O4Si. The van der Waals surface area contributed by atoms with Crippen LogP contribution in [0.1, 0.15) is 26.3 Å². The highest BCUT2D eigenvalue weighted by Gasteiger charge is 2.19. The van der Waals surface area contributed by atoms with Gasteiger partial charge in [0.2, 0.25) is 0 Å². The number of carbonyl (C=O) groups excluding carboxylic acids is 1. The van der Waals surface area contributed by atoms with Crippen molar-refractivity contribution in [3.8, 4) is 11.3 Å². The molecule has 4 aromatic rings. The third-order valence-corrected chi connectivity index (χ3v) is 7.54. The molecule has 0 fully saturated rings. The number of anilines is 1. The fourth-order valence-corrected chi connectivity index (χ4v) is 4.78. The first kappa shape index (κ1) is 27.6. The lowest BCUT2D eigenvalue weighted by molar-refractivity contribution is 0.0541. The minimum atomic E-state index is -1.22. The number of hydrazine groups is 1. The van der Waals surface area contributed by atoms with Gasteiger partial charge in [-0.25, -0.2) is 20.2 Å². The molecule has 3 aromatic heterocycles. The number of amides is 1. The van der Waals surface area contributed by atoms with E-state index in [0.717, 1.165) is 33.8 Å². The van der Waals surface area contributed by atoms with Gasteiger partial charge in [-0.3, -0.25) is 9.99 Å². The van der Waals surface area contributed by atoms with Gasteiger partial charge in [-0.05, 0) is 50.6 Å². The summed E-state index contributed by atoms with van der Waals surface area (Å²) in [5.74, 6) is 0.396. The number of benzene rings is 1. The number of nitrogens with zero attached hydrogens (tertiary/aromatic N) is 3. The van der Waals surface area contributed by atoms with Gasteiger partial charge in [-0.1, -0.05) is 25.7 Å². The number of methoxy groups -OCH3 is 1. The van der Waals surface area contributed by atoms with Crippen molar-refractivity contribution in [3.63, 3.8) is 0 Å². The first-order valence-corrected chi connectivity index (χ1v) is 16.4. The molecule has 0 aliphatic rings. The van der Waals surface area contributed by atoms with Crippen LogP contribution in [0.25, 0.3) is 33.3 Å². The Hall–Kier alpha value is -3.41. The number of fused-ring (bicyclic) bond motifs is 2. The van der Waals surface area contributed by atoms with Crippen LogP contribution in [0.4, 0.5) is 10.6 Å². The second-order valence-corrected chi connectivity index (χ2v) is 17.2. The van der Waals surface area contributed by atoms with Gasteiger partial charge in [0.1, 0.15) is 17.8 Å². The number of rotatable bonds is 10. The molecule has 0 saturated carbocycles. The van der Waals surface area contributed by atoms with E-state index in [9.17, 15) is 4.79 Å². The highest BCUT2D eigenvalue weighted by atomic mass is 28.3. The molecule has 4 rings (SSSR count). The standard InChI is InChI=1S/C27H38N6O4Si/c1-27(2,3)37-26(34)32-31-24-15-29-25-22(30-24)13-23(33(25)17-36-10-11-38(5,6)7)20-14-28-21-9-8-18(16-35-4)12-19(20)21/h8-9,12-15,28H,10-11,16-17H2,1-7H3,(H,30,31)(H,32,34). The molecule has 0 aliphatic carbocycles. The quantitative estimate of drug-likeness (QED) is 0.131. The number of carbonyl (C=O) groups is 1. The van der Waals surface area contributed by atoms with E-state index in [-0.39, 0.29) is 0 Å². The maximum absolute atomic E-state index is 12.1. The highest BCUT2D eigenvalue weighted by molar-refractivity contribution is 6.76. The van der Waals surface area contributed by atoms with Crippen molar-refractivity contribution in [1.82, 2.24) is 24.9 Å². The molecule has 11 heteroatoms. The van der Waals surface area contributed by atoms with Crippen molar-refractivity contribution in [1.29, 1.82) is 0 Å². The van der Waals surface area contributed by atoms with Crippen molar-refractivity contribution in [2.45, 2.75) is 65.4 Å². The topological polar surface area (TPSA) is 115 Å². The number of hydrogen-bond acceptors (Lipinski definition) is 7. The monoisotopic (exact) mass is 538 g/mol. The molecule has 3 N–H and O–H groups in total. The van der Waals surface area contributed by atoms with Gasteiger partial charge in [-0.2, -0.15) is 0 Å². The fourth-order valence-electron chi connectivity index (χ4n) is 4.03. The summed E-state index contributed by atoms with van der Waals surface area (Å²) in [4.78, 5) is 24.8. The van der Waals surface area contributed by atoms with Gasteiger partial charge in [0.05, 0.1) is 18.5 Å². The van der Waals surface area contributed by atoms with E-state index in [4.69, 9.17) is 14.2 Å². The van der Waals surface area contributed by atoms with E-state index in [1.54, 1.807) is 34.1 Å². The number of H-pyrrole nitrogens is 1. The SMILES string of the molecule is COCc1ccc2[nH]cc(-c3cc4nc(NNC(=O)OC(C)(C)C)cnc4n3COCC[Si](C)(C)C)c2c1. The van der Waals surface area contributed by atoms with Gasteiger partial charge in [0.15, 0.2) is 11.5 Å². The summed E-state index contributed by atoms with van der Waals surface area (Å²) in [5, 5.41) is 1.08. The summed E-state index contributed by atoms with van der Waals surface area (Å²) in [7, 11) is 0.470. The van der Waals surface area contributed by atoms with Crippen LogP contribution in [0.15, 0.2) is 36.7 Å². The highest BCUT2D eigenvalue weighted by Crippen LogP contribution is 2.33. The molecule has 0 saturated heterocycles. The largest absolute Gasteiger partial charge is 0.443 e. The van der Waals surface area contributed by atoms with Crippen LogP contribution in [0.2, 0.25) is 25.7 Å². The number of aromatic nitrogens is 4. The summed E-state index contributed by atoms with van der Waals surface area (Å²) in [6, 6.07) is 9.32. The second kappa shape index (κ2) is 11.1. The summed E-state index contributed by atoms with van der Waals surface area (Å²) in [6.45, 7) is 14.0. The Morgan fingerprint density at radius 2 is 1.97 bits per heavy atom. The van der Waals surface area contributed by atoms with Crippen molar-refractivity contribution in [3.05, 3.63) is 42.2 Å². The zero-order valence-corrected chi connectivity index (χ0v) is 24.3. The van der Waals surface area contributed by atoms with E-state index >= 15 is 0 Å². The van der Waals surface area contributed by atoms with Crippen molar-refractivity contribution in [2.24, 2.45) is 0 Å². The average molecular weight is 539 g/mol. The molecule has 3 heterocycles. The summed E-state index contributed by atoms with van der Waals surface area (Å²) >= 11 is 0. The molecule has 10 nitrogen and oxygen atoms in total. The van der Waals surface area contributed by atoms with Crippen LogP contribution in [-0.4, -0.2) is 53.0 Å². The molecule has 1 amide bonds. The van der Waals surface area contributed by atoms with Crippen LogP contribution in [0.3, 0.4) is 0 Å². The van der Waals surface area contributed by atoms with Crippen LogP contribution in [0.5, 0.6) is 0 Å². The first-order valence-electron chi connectivity index (χ1n) is 12.7. The van der Waals surface area contributed by atoms with Gasteiger partial charge in [0.25, 0.3) is 0 Å². The lowest BCUT2D eigenvalue weighted by atomic mass is 10.1. The van der Waals surface area contributed by atoms with Crippen molar-refractivity contribution in [2.75, 3.05) is 19.1 Å². The van der Waals surface area contributed by atoms with Gasteiger partial charge in [0, 0.05) is 44.5 Å². The molecule has 0 radical (unpaired) electrons. The van der Waals surface area contributed by atoms with E-state index < -0.39 is 19.8 Å². The lowest BCUT2D eigenvalue weighted by Crippen LogP contribution is -2.36. The van der Waals surface area contributed by atoms with Gasteiger partial charge < -0.3 is 19.2 Å². The Kier molecular flexibility index (Phi) is 8.10. The molecule has 0 bridgehead atoms. The molecule has 0 spiro atoms. The van der Waals surface area contributed by atoms with Crippen LogP contribution >= 0.6 is 0 Å². The number of aromatic amines is 1. The van der Waals surface area contributed by atoms with Crippen LogP contribution in [-0.2, 0) is 27.5 Å². The Morgan fingerprint density at radius 3 is 2.68 bits per heavy atom. The van der Waals surface area contributed by atoms with Crippen molar-refractivity contribution >= 4 is 42.1 Å². The van der Waals surface area contributed by atoms with E-state index in [0.29, 0.717) is 36.9 Å². The zero-order chi connectivity index (χ0) is 27.5. The first-order chi connectivity index (χ1) is 17.9. The minimum Gasteiger partial charge on any atom is -0.443 e. The molecule has 0 aliphatic heterocycles. The van der Waals surface area contributed by atoms with E-state index in [1.807, 2.05) is 16.8 Å². The Labute approximate surface area is 224 Å². The normalized spacial score (nSPS) is 12.3. The second-order valence-electron chi connectivity index (χ2n) is 11.5. The predicted octanol–water partition coefficient (Wildman–Crippen LogP) is 5.89. The minimum absolute atomic E-state index is 0.353. The molecule has 38 heavy (non-hydrogen) atoms. The number of hydrogen-bond donors (Lipinski definition) is 3. The smallest absolute Gasteiger partial charge is 0.426 e. The average Bonchev–Trinajstić information content (AvgIpc) is 3.39. The zero-order valence-electron chi connectivity index (χ0n) is 23.3. The van der Waals surface area contributed by atoms with Crippen LogP contribution in [0, 0.1) is 0 Å². The lowest BCUT2D eigenvalue weighted by Gasteiger charge is -2.19. The molecule has 204 valence electrons. The Bertz CT molecular complexity index is 1420. The summed E-state index contributed by atoms with van der Waals surface area (Å²) < 4.78 is 18.8. The predicted molar refractivity (Wildman–Crippen MR) is 153 cm³/mol. The Morgan fingerprint density at radius 1 is 1.18 bits per heavy atom. The fraction of sp³-hybridized carbons (Fsp3) is 0.444. The number of ether oxygens (including phenoxy) is 3. The third kappa shape index (κ3) is 6.91. The summed E-state index contributed by atoms with van der Waals surface area (Å²) in [5.41, 5.74) is 10.1. The van der Waals surface area contributed by atoms with E-state index in [2.05, 4.69) is 63.6 Å². The van der Waals surface area contributed by atoms with Crippen LogP contribution < -0.4 is 10.9 Å². The molecule has 1 aromatic carbocycles. The third-order valence-electron chi connectivity index (χ3n) is 5.84. The Balaban J connectivity index is 1.67.